The standard InChI is InChI=1S/C14H22N4O/c1-10(18(2)12-4-5-12)8-17-14(19)13-6-3-11(7-15)9-16-13/h3,6,9-10,12H,4-5,7-8,15H2,1-2H3,(H,17,19). The summed E-state index contributed by atoms with van der Waals surface area (Å²) in [4.78, 5) is 18.4. The molecular weight excluding hydrogens is 240 g/mol. The van der Waals surface area contributed by atoms with E-state index in [4.69, 9.17) is 5.73 Å². The van der Waals surface area contributed by atoms with E-state index in [9.17, 15) is 4.79 Å². The van der Waals surface area contributed by atoms with Gasteiger partial charge in [-0.15, -0.1) is 0 Å². The van der Waals surface area contributed by atoms with Crippen LogP contribution in [-0.4, -0.2) is 41.5 Å². The van der Waals surface area contributed by atoms with Crippen LogP contribution in [0.3, 0.4) is 0 Å². The first-order chi connectivity index (χ1) is 9.11. The van der Waals surface area contributed by atoms with Crippen molar-refractivity contribution in [1.82, 2.24) is 15.2 Å². The van der Waals surface area contributed by atoms with Crippen molar-refractivity contribution in [2.45, 2.75) is 38.4 Å². The minimum absolute atomic E-state index is 0.125. The molecule has 0 aliphatic heterocycles. The maximum atomic E-state index is 11.9. The summed E-state index contributed by atoms with van der Waals surface area (Å²) in [6, 6.07) is 4.60. The molecule has 0 radical (unpaired) electrons. The van der Waals surface area contributed by atoms with Crippen molar-refractivity contribution in [1.29, 1.82) is 0 Å². The largest absolute Gasteiger partial charge is 0.349 e. The van der Waals surface area contributed by atoms with Gasteiger partial charge in [0.1, 0.15) is 5.69 Å². The van der Waals surface area contributed by atoms with E-state index in [-0.39, 0.29) is 5.91 Å². The van der Waals surface area contributed by atoms with Crippen molar-refractivity contribution in [2.75, 3.05) is 13.6 Å². The number of likely N-dealkylation sites (N-methyl/N-ethyl adjacent to an activating group) is 1. The number of hydrogen-bond donors (Lipinski definition) is 2. The van der Waals surface area contributed by atoms with Crippen molar-refractivity contribution in [3.63, 3.8) is 0 Å². The van der Waals surface area contributed by atoms with E-state index in [0.717, 1.165) is 5.56 Å². The summed E-state index contributed by atoms with van der Waals surface area (Å²) < 4.78 is 0. The number of aromatic nitrogens is 1. The molecule has 104 valence electrons. The third kappa shape index (κ3) is 3.75. The number of nitrogens with two attached hydrogens (primary N) is 1. The molecule has 0 spiro atoms. The highest BCUT2D eigenvalue weighted by atomic mass is 16.1. The molecule has 1 atom stereocenters. The van der Waals surface area contributed by atoms with Crippen LogP contribution in [0.1, 0.15) is 35.8 Å². The van der Waals surface area contributed by atoms with E-state index in [1.807, 2.05) is 6.07 Å². The Bertz CT molecular complexity index is 428. The Morgan fingerprint density at radius 1 is 1.58 bits per heavy atom. The second kappa shape index (κ2) is 6.12. The molecule has 1 heterocycles. The number of rotatable bonds is 6. The first-order valence-electron chi connectivity index (χ1n) is 6.77. The number of amides is 1. The Morgan fingerprint density at radius 2 is 2.32 bits per heavy atom. The van der Waals surface area contributed by atoms with Crippen LogP contribution in [0.2, 0.25) is 0 Å². The van der Waals surface area contributed by atoms with E-state index in [1.54, 1.807) is 12.3 Å². The quantitative estimate of drug-likeness (QED) is 0.793. The fourth-order valence-electron chi connectivity index (χ4n) is 2.00. The number of hydrogen-bond acceptors (Lipinski definition) is 4. The monoisotopic (exact) mass is 262 g/mol. The molecule has 1 aliphatic rings. The van der Waals surface area contributed by atoms with Crippen molar-refractivity contribution in [2.24, 2.45) is 5.73 Å². The Kier molecular flexibility index (Phi) is 4.50. The van der Waals surface area contributed by atoms with Crippen molar-refractivity contribution in [3.05, 3.63) is 29.6 Å². The molecule has 0 bridgehead atoms. The highest BCUT2D eigenvalue weighted by Gasteiger charge is 2.29. The molecule has 1 unspecified atom stereocenters. The number of carbonyl (C=O) groups excluding carboxylic acids is 1. The lowest BCUT2D eigenvalue weighted by molar-refractivity contribution is 0.0934. The number of nitrogens with zero attached hydrogens (tertiary/aromatic N) is 2. The van der Waals surface area contributed by atoms with E-state index in [2.05, 4.69) is 29.2 Å². The molecule has 1 aromatic heterocycles. The van der Waals surface area contributed by atoms with Crippen LogP contribution in [0.25, 0.3) is 0 Å². The lowest BCUT2D eigenvalue weighted by Crippen LogP contribution is -2.41. The summed E-state index contributed by atoms with van der Waals surface area (Å²) >= 11 is 0. The fraction of sp³-hybridized carbons (Fsp3) is 0.571. The maximum absolute atomic E-state index is 11.9. The summed E-state index contributed by atoms with van der Waals surface area (Å²) in [5, 5.41) is 2.93. The van der Waals surface area contributed by atoms with Crippen LogP contribution in [0.5, 0.6) is 0 Å². The van der Waals surface area contributed by atoms with Gasteiger partial charge >= 0.3 is 0 Å². The maximum Gasteiger partial charge on any atom is 0.269 e. The van der Waals surface area contributed by atoms with Crippen LogP contribution in [0.15, 0.2) is 18.3 Å². The molecule has 0 saturated heterocycles. The molecule has 0 aromatic carbocycles. The van der Waals surface area contributed by atoms with Crippen molar-refractivity contribution < 1.29 is 4.79 Å². The van der Waals surface area contributed by atoms with Gasteiger partial charge in [-0.1, -0.05) is 6.07 Å². The van der Waals surface area contributed by atoms with Crippen molar-refractivity contribution >= 4 is 5.91 Å². The van der Waals surface area contributed by atoms with Crippen LogP contribution < -0.4 is 11.1 Å². The minimum Gasteiger partial charge on any atom is -0.349 e. The first kappa shape index (κ1) is 14.0. The summed E-state index contributed by atoms with van der Waals surface area (Å²) in [5.41, 5.74) is 6.87. The predicted molar refractivity (Wildman–Crippen MR) is 74.7 cm³/mol. The topological polar surface area (TPSA) is 71.2 Å². The van der Waals surface area contributed by atoms with Crippen molar-refractivity contribution in [3.8, 4) is 0 Å². The molecule has 1 saturated carbocycles. The van der Waals surface area contributed by atoms with E-state index < -0.39 is 0 Å². The fourth-order valence-corrected chi connectivity index (χ4v) is 2.00. The Hall–Kier alpha value is -1.46. The van der Waals surface area contributed by atoms with Gasteiger partial charge in [0.25, 0.3) is 5.91 Å². The summed E-state index contributed by atoms with van der Waals surface area (Å²) in [6.45, 7) is 3.22. The molecule has 2 rings (SSSR count). The third-order valence-corrected chi connectivity index (χ3v) is 3.67. The zero-order valence-corrected chi connectivity index (χ0v) is 11.6. The second-order valence-corrected chi connectivity index (χ2v) is 5.21. The Labute approximate surface area is 114 Å². The first-order valence-corrected chi connectivity index (χ1v) is 6.77. The van der Waals surface area contributed by atoms with Crippen LogP contribution in [-0.2, 0) is 6.54 Å². The normalized spacial score (nSPS) is 16.4. The molecule has 1 aromatic rings. The van der Waals surface area contributed by atoms with Gasteiger partial charge in [0.15, 0.2) is 0 Å². The van der Waals surface area contributed by atoms with Gasteiger partial charge in [0.05, 0.1) is 0 Å². The van der Waals surface area contributed by atoms with Gasteiger partial charge in [0.2, 0.25) is 0 Å². The molecular formula is C14H22N4O. The van der Waals surface area contributed by atoms with Gasteiger partial charge < -0.3 is 11.1 Å². The number of nitrogens with one attached hydrogen (secondary N) is 1. The molecule has 1 amide bonds. The van der Waals surface area contributed by atoms with Crippen LogP contribution in [0, 0.1) is 0 Å². The Morgan fingerprint density at radius 3 is 2.84 bits per heavy atom. The summed E-state index contributed by atoms with van der Waals surface area (Å²) in [7, 11) is 2.11. The molecule has 3 N–H and O–H groups in total. The zero-order chi connectivity index (χ0) is 13.8. The Balaban J connectivity index is 1.82. The average molecular weight is 262 g/mol. The van der Waals surface area contributed by atoms with Gasteiger partial charge in [-0.25, -0.2) is 0 Å². The average Bonchev–Trinajstić information content (AvgIpc) is 3.28. The molecule has 1 fully saturated rings. The minimum atomic E-state index is -0.125. The summed E-state index contributed by atoms with van der Waals surface area (Å²) in [6.07, 6.45) is 4.20. The van der Waals surface area contributed by atoms with Gasteiger partial charge in [-0.2, -0.15) is 0 Å². The lowest BCUT2D eigenvalue weighted by Gasteiger charge is -2.24. The second-order valence-electron chi connectivity index (χ2n) is 5.21. The van der Waals surface area contributed by atoms with Gasteiger partial charge in [-0.05, 0) is 38.4 Å². The highest BCUT2D eigenvalue weighted by molar-refractivity contribution is 5.92. The lowest BCUT2D eigenvalue weighted by atomic mass is 10.2. The molecule has 5 nitrogen and oxygen atoms in total. The van der Waals surface area contributed by atoms with Crippen LogP contribution in [0.4, 0.5) is 0 Å². The number of carbonyl (C=O) groups is 1. The number of pyridine rings is 1. The van der Waals surface area contributed by atoms with E-state index in [0.29, 0.717) is 30.9 Å². The zero-order valence-electron chi connectivity index (χ0n) is 11.6. The van der Waals surface area contributed by atoms with E-state index >= 15 is 0 Å². The third-order valence-electron chi connectivity index (χ3n) is 3.67. The van der Waals surface area contributed by atoms with Gasteiger partial charge in [0, 0.05) is 31.4 Å². The molecule has 5 heteroatoms. The van der Waals surface area contributed by atoms with E-state index in [1.165, 1.54) is 12.8 Å². The van der Waals surface area contributed by atoms with Gasteiger partial charge in [-0.3, -0.25) is 14.7 Å². The molecule has 19 heavy (non-hydrogen) atoms. The van der Waals surface area contributed by atoms with Crippen LogP contribution >= 0.6 is 0 Å². The SMILES string of the molecule is CC(CNC(=O)c1ccc(CN)cn1)N(C)C1CC1. The highest BCUT2D eigenvalue weighted by Crippen LogP contribution is 2.26. The smallest absolute Gasteiger partial charge is 0.269 e. The molecule has 1 aliphatic carbocycles. The predicted octanol–water partition coefficient (Wildman–Crippen LogP) is 0.753. The summed E-state index contributed by atoms with van der Waals surface area (Å²) in [5.74, 6) is -0.125.